The molecule has 0 radical (unpaired) electrons. The maximum Gasteiger partial charge on any atom is 0.0534 e. The van der Waals surface area contributed by atoms with Crippen LogP contribution in [0.5, 0.6) is 0 Å². The van der Waals surface area contributed by atoms with Gasteiger partial charge in [0.15, 0.2) is 0 Å². The van der Waals surface area contributed by atoms with Crippen molar-refractivity contribution in [2.45, 2.75) is 38.5 Å². The molecule has 59 heavy (non-hydrogen) atoms. The normalized spacial score (nSPS) is 13.9. The highest BCUT2D eigenvalue weighted by molar-refractivity contribution is 14.1. The van der Waals surface area contributed by atoms with Crippen LogP contribution in [0.1, 0.15) is 49.9 Å². The number of aromatic amines is 1. The van der Waals surface area contributed by atoms with Gasteiger partial charge in [-0.05, 0) is 161 Å². The lowest BCUT2D eigenvalue weighted by Gasteiger charge is -2.22. The molecular weight excluding hydrogens is 963 g/mol. The smallest absolute Gasteiger partial charge is 0.0534 e. The van der Waals surface area contributed by atoms with Crippen molar-refractivity contribution in [1.82, 2.24) is 9.55 Å². The Labute approximate surface area is 375 Å². The monoisotopic (exact) mass is 1000 g/mol. The van der Waals surface area contributed by atoms with Gasteiger partial charge in [0.25, 0.3) is 0 Å². The summed E-state index contributed by atoms with van der Waals surface area (Å²) >= 11 is 9.61. The van der Waals surface area contributed by atoms with Crippen LogP contribution >= 0.6 is 54.5 Å². The molecule has 2 aromatic heterocycles. The average Bonchev–Trinajstić information content (AvgIpc) is 4.01. The van der Waals surface area contributed by atoms with E-state index in [1.165, 1.54) is 97.1 Å². The molecule has 10 aromatic rings. The first kappa shape index (κ1) is 38.3. The molecule has 0 aliphatic heterocycles. The van der Waals surface area contributed by atoms with Crippen LogP contribution in [0.3, 0.4) is 0 Å². The van der Waals surface area contributed by atoms with Gasteiger partial charge < -0.3 is 9.55 Å². The van der Waals surface area contributed by atoms with Crippen molar-refractivity contribution in [3.05, 3.63) is 205 Å². The number of nitrogens with zero attached hydrogens (tertiary/aromatic N) is 1. The summed E-state index contributed by atoms with van der Waals surface area (Å²) in [5.74, 6) is 0. The van der Waals surface area contributed by atoms with Crippen LogP contribution in [0.15, 0.2) is 179 Å². The highest BCUT2D eigenvalue weighted by Crippen LogP contribution is 2.51. The Kier molecular flexibility index (Phi) is 9.50. The lowest BCUT2D eigenvalue weighted by Crippen LogP contribution is -2.15. The summed E-state index contributed by atoms with van der Waals surface area (Å²) in [6.45, 7) is 9.27. The summed E-state index contributed by atoms with van der Waals surface area (Å²) in [5.41, 5.74) is 14.9. The number of fused-ring (bicyclic) bond motifs is 12. The van der Waals surface area contributed by atoms with Crippen LogP contribution in [0.4, 0.5) is 0 Å². The number of halogens is 3. The number of aromatic nitrogens is 2. The minimum absolute atomic E-state index is 0.0138. The Morgan fingerprint density at radius 1 is 0.475 bits per heavy atom. The van der Waals surface area contributed by atoms with Crippen molar-refractivity contribution >= 4 is 97.8 Å². The molecule has 288 valence electrons. The fourth-order valence-electron chi connectivity index (χ4n) is 9.47. The standard InChI is InChI=1S/C27H20BrN.C15H12BrI.C12H9N/c1-27(2)24-15-18(28)8-10-21(24)22-11-9-19(16-25(22)27)29-14-13-23-20-6-4-3-5-17(20)7-12-26(23)29;1-15(2)13-7-9(16)3-5-11(13)12-6-4-10(17)8-14(12)15;1-2-4-10-9(3-1)5-6-12-11(10)7-8-13-12/h3-16H,1-2H3;3-8H,1-2H3;1-8,13H. The molecule has 0 atom stereocenters. The second kappa shape index (κ2) is 14.6. The van der Waals surface area contributed by atoms with Gasteiger partial charge in [0.2, 0.25) is 0 Å². The van der Waals surface area contributed by atoms with E-state index in [2.05, 4.69) is 256 Å². The highest BCUT2D eigenvalue weighted by Gasteiger charge is 2.36. The van der Waals surface area contributed by atoms with Crippen LogP contribution in [-0.2, 0) is 10.8 Å². The van der Waals surface area contributed by atoms with E-state index >= 15 is 0 Å². The first-order valence-corrected chi connectivity index (χ1v) is 22.6. The van der Waals surface area contributed by atoms with Crippen LogP contribution in [0.2, 0.25) is 0 Å². The highest BCUT2D eigenvalue weighted by atomic mass is 127. The minimum Gasteiger partial charge on any atom is -0.361 e. The third-order valence-electron chi connectivity index (χ3n) is 12.6. The zero-order valence-electron chi connectivity index (χ0n) is 33.2. The van der Waals surface area contributed by atoms with Gasteiger partial charge in [0, 0.05) is 57.7 Å². The quantitative estimate of drug-likeness (QED) is 0.158. The van der Waals surface area contributed by atoms with Gasteiger partial charge in [-0.15, -0.1) is 0 Å². The summed E-state index contributed by atoms with van der Waals surface area (Å²) in [7, 11) is 0. The molecule has 5 heteroatoms. The molecule has 0 unspecified atom stereocenters. The van der Waals surface area contributed by atoms with E-state index in [1.807, 2.05) is 6.20 Å². The van der Waals surface area contributed by atoms with E-state index in [0.717, 1.165) is 8.95 Å². The topological polar surface area (TPSA) is 20.7 Å². The summed E-state index contributed by atoms with van der Waals surface area (Å²) in [4.78, 5) is 3.21. The summed E-state index contributed by atoms with van der Waals surface area (Å²) in [6.07, 6.45) is 4.18. The first-order valence-electron chi connectivity index (χ1n) is 20.0. The van der Waals surface area contributed by atoms with Gasteiger partial charge in [-0.25, -0.2) is 0 Å². The molecule has 0 saturated heterocycles. The second-order valence-corrected chi connectivity index (χ2v) is 19.8. The molecule has 1 N–H and O–H groups in total. The molecular formula is C54H41Br2IN2. The van der Waals surface area contributed by atoms with Gasteiger partial charge in [0.05, 0.1) is 5.52 Å². The number of hydrogen-bond acceptors (Lipinski definition) is 0. The van der Waals surface area contributed by atoms with E-state index in [-0.39, 0.29) is 10.8 Å². The zero-order valence-corrected chi connectivity index (χ0v) is 38.6. The Hall–Kier alpha value is -4.95. The number of benzene rings is 8. The lowest BCUT2D eigenvalue weighted by molar-refractivity contribution is 0.659. The van der Waals surface area contributed by atoms with E-state index < -0.39 is 0 Å². The third kappa shape index (κ3) is 6.48. The van der Waals surface area contributed by atoms with Crippen LogP contribution in [-0.4, -0.2) is 9.55 Å². The van der Waals surface area contributed by atoms with E-state index in [9.17, 15) is 0 Å². The largest absolute Gasteiger partial charge is 0.361 e. The van der Waals surface area contributed by atoms with Crippen LogP contribution < -0.4 is 0 Å². The van der Waals surface area contributed by atoms with Gasteiger partial charge in [0.1, 0.15) is 0 Å². The predicted octanol–water partition coefficient (Wildman–Crippen LogP) is 16.5. The average molecular weight is 1000 g/mol. The molecule has 2 heterocycles. The molecule has 0 saturated carbocycles. The van der Waals surface area contributed by atoms with E-state index in [4.69, 9.17) is 0 Å². The summed E-state index contributed by atoms with van der Waals surface area (Å²) in [6, 6.07) is 57.1. The summed E-state index contributed by atoms with van der Waals surface area (Å²) in [5, 5.41) is 7.82. The zero-order chi connectivity index (χ0) is 40.6. The fourth-order valence-corrected chi connectivity index (χ4v) is 10.7. The van der Waals surface area contributed by atoms with E-state index in [1.54, 1.807) is 0 Å². The van der Waals surface area contributed by atoms with Gasteiger partial charge >= 0.3 is 0 Å². The van der Waals surface area contributed by atoms with Crippen molar-refractivity contribution in [3.63, 3.8) is 0 Å². The molecule has 0 spiro atoms. The predicted molar refractivity (Wildman–Crippen MR) is 266 cm³/mol. The molecule has 12 rings (SSSR count). The molecule has 0 fully saturated rings. The molecule has 0 amide bonds. The van der Waals surface area contributed by atoms with Gasteiger partial charge in [-0.3, -0.25) is 0 Å². The molecule has 2 aliphatic rings. The van der Waals surface area contributed by atoms with Gasteiger partial charge in [-0.1, -0.05) is 144 Å². The molecule has 2 nitrogen and oxygen atoms in total. The first-order chi connectivity index (χ1) is 28.5. The maximum atomic E-state index is 3.65. The fraction of sp³-hybridized carbons (Fsp3) is 0.111. The number of rotatable bonds is 1. The second-order valence-electron chi connectivity index (χ2n) is 16.7. The lowest BCUT2D eigenvalue weighted by atomic mass is 9.82. The Morgan fingerprint density at radius 3 is 1.64 bits per heavy atom. The van der Waals surface area contributed by atoms with Crippen LogP contribution in [0.25, 0.3) is 71.3 Å². The van der Waals surface area contributed by atoms with Crippen molar-refractivity contribution in [2.24, 2.45) is 0 Å². The molecule has 0 bridgehead atoms. The molecule has 2 aliphatic carbocycles. The number of H-pyrrole nitrogens is 1. The Morgan fingerprint density at radius 2 is 1.00 bits per heavy atom. The van der Waals surface area contributed by atoms with Crippen LogP contribution in [0, 0.1) is 3.57 Å². The third-order valence-corrected chi connectivity index (χ3v) is 14.2. The molecule has 8 aromatic carbocycles. The number of hydrogen-bond donors (Lipinski definition) is 1. The number of nitrogens with one attached hydrogen (secondary N) is 1. The Bertz CT molecular complexity index is 3220. The van der Waals surface area contributed by atoms with Gasteiger partial charge in [-0.2, -0.15) is 0 Å². The van der Waals surface area contributed by atoms with E-state index in [0.29, 0.717) is 0 Å². The van der Waals surface area contributed by atoms with Crippen molar-refractivity contribution < 1.29 is 0 Å². The Balaban J connectivity index is 0.000000118. The van der Waals surface area contributed by atoms with Crippen molar-refractivity contribution in [3.8, 4) is 27.9 Å². The minimum atomic E-state index is -0.0138. The maximum absolute atomic E-state index is 3.65. The van der Waals surface area contributed by atoms with Crippen molar-refractivity contribution in [2.75, 3.05) is 0 Å². The SMILES string of the molecule is CC1(C)c2cc(Br)ccc2-c2ccc(-n3ccc4c5ccccc5ccc43)cc21.CC1(C)c2cc(Br)ccc2-c2ccc(I)cc21.c1ccc2c(c1)ccc1[nH]ccc12. The van der Waals surface area contributed by atoms with Crippen molar-refractivity contribution in [1.29, 1.82) is 0 Å². The summed E-state index contributed by atoms with van der Waals surface area (Å²) < 4.78 is 5.92.